The summed E-state index contributed by atoms with van der Waals surface area (Å²) in [4.78, 5) is 26.4. The number of carbonyl (C=O) groups excluding carboxylic acids is 2. The molecule has 20 heavy (non-hydrogen) atoms. The average Bonchev–Trinajstić information content (AvgIpc) is 3.15. The van der Waals surface area contributed by atoms with E-state index in [0.717, 1.165) is 32.2 Å². The van der Waals surface area contributed by atoms with Crippen molar-refractivity contribution in [3.63, 3.8) is 0 Å². The Bertz CT molecular complexity index is 385. The molecule has 6 heteroatoms. The van der Waals surface area contributed by atoms with Crippen LogP contribution in [0.1, 0.15) is 32.1 Å². The van der Waals surface area contributed by atoms with E-state index < -0.39 is 6.04 Å². The summed E-state index contributed by atoms with van der Waals surface area (Å²) < 4.78 is 2.84. The van der Waals surface area contributed by atoms with E-state index in [9.17, 15) is 9.59 Å². The highest BCUT2D eigenvalue weighted by molar-refractivity contribution is 7.98. The maximum atomic E-state index is 12.2. The summed E-state index contributed by atoms with van der Waals surface area (Å²) in [6, 6.07) is -0.619. The number of nitrogens with zero attached hydrogens (tertiary/aromatic N) is 1. The third kappa shape index (κ3) is 4.24. The van der Waals surface area contributed by atoms with Gasteiger partial charge in [-0.15, -0.1) is 6.58 Å². The Kier molecular flexibility index (Phi) is 5.48. The van der Waals surface area contributed by atoms with Crippen LogP contribution >= 0.6 is 11.9 Å². The van der Waals surface area contributed by atoms with Crippen molar-refractivity contribution in [1.29, 1.82) is 0 Å². The van der Waals surface area contributed by atoms with Crippen molar-refractivity contribution in [2.45, 2.75) is 49.4 Å². The molecular weight excluding hydrogens is 274 g/mol. The van der Waals surface area contributed by atoms with Gasteiger partial charge >= 0.3 is 0 Å². The minimum absolute atomic E-state index is 0.0524. The Morgan fingerprint density at radius 2 is 2.20 bits per heavy atom. The van der Waals surface area contributed by atoms with Crippen LogP contribution in [0, 0.1) is 0 Å². The molecule has 1 saturated carbocycles. The molecule has 1 aliphatic carbocycles. The molecule has 2 atom stereocenters. The van der Waals surface area contributed by atoms with Gasteiger partial charge in [-0.05, 0) is 57.6 Å². The van der Waals surface area contributed by atoms with Crippen molar-refractivity contribution in [2.24, 2.45) is 0 Å². The number of rotatable bonds is 7. The molecule has 2 fully saturated rings. The van der Waals surface area contributed by atoms with Gasteiger partial charge in [0.2, 0.25) is 5.91 Å². The first kappa shape index (κ1) is 15.4. The molecule has 2 aliphatic rings. The second-order valence-electron chi connectivity index (χ2n) is 5.51. The third-order valence-electron chi connectivity index (χ3n) is 3.71. The third-order valence-corrected chi connectivity index (χ3v) is 4.83. The van der Waals surface area contributed by atoms with Crippen molar-refractivity contribution >= 4 is 23.8 Å². The maximum absolute atomic E-state index is 12.2. The van der Waals surface area contributed by atoms with Gasteiger partial charge in [0, 0.05) is 5.25 Å². The number of hydrogen-bond donors (Lipinski definition) is 2. The van der Waals surface area contributed by atoms with Crippen molar-refractivity contribution in [2.75, 3.05) is 13.6 Å². The molecule has 0 radical (unpaired) electrons. The first-order valence-corrected chi connectivity index (χ1v) is 8.06. The van der Waals surface area contributed by atoms with Crippen LogP contribution in [0.5, 0.6) is 0 Å². The lowest BCUT2D eigenvalue weighted by molar-refractivity contribution is -0.130. The highest BCUT2D eigenvalue weighted by Gasteiger charge is 2.31. The molecule has 112 valence electrons. The number of amides is 2. The quantitative estimate of drug-likeness (QED) is 0.545. The van der Waals surface area contributed by atoms with Crippen LogP contribution in [0.15, 0.2) is 12.7 Å². The van der Waals surface area contributed by atoms with Gasteiger partial charge in [-0.3, -0.25) is 19.2 Å². The highest BCUT2D eigenvalue weighted by Crippen LogP contribution is 2.31. The van der Waals surface area contributed by atoms with E-state index in [1.165, 1.54) is 11.9 Å². The minimum Gasteiger partial charge on any atom is -0.343 e. The molecule has 1 aliphatic heterocycles. The topological polar surface area (TPSA) is 61.4 Å². The number of nitrogens with one attached hydrogen (secondary N) is 2. The molecule has 1 saturated heterocycles. The van der Waals surface area contributed by atoms with E-state index in [4.69, 9.17) is 0 Å². The fourth-order valence-electron chi connectivity index (χ4n) is 2.31. The molecular formula is C14H23N3O2S. The zero-order valence-corrected chi connectivity index (χ0v) is 12.7. The summed E-state index contributed by atoms with van der Waals surface area (Å²) in [5.41, 5.74) is 0. The molecule has 0 aromatic heterocycles. The lowest BCUT2D eigenvalue weighted by Crippen LogP contribution is -2.50. The number of likely N-dealkylation sites (N-methyl/N-ethyl adjacent to an activating group) is 1. The van der Waals surface area contributed by atoms with Crippen LogP contribution in [0.4, 0.5) is 0 Å². The summed E-state index contributed by atoms with van der Waals surface area (Å²) in [7, 11) is 1.95. The van der Waals surface area contributed by atoms with Gasteiger partial charge in [-0.2, -0.15) is 0 Å². The first-order valence-electron chi connectivity index (χ1n) is 7.19. The Morgan fingerprint density at radius 3 is 2.75 bits per heavy atom. The normalized spacial score (nSPS) is 24.1. The van der Waals surface area contributed by atoms with Gasteiger partial charge in [0.1, 0.15) is 6.04 Å². The van der Waals surface area contributed by atoms with Gasteiger partial charge in [0.05, 0.1) is 6.04 Å². The Labute approximate surface area is 124 Å². The fourth-order valence-corrected chi connectivity index (χ4v) is 3.10. The molecule has 0 spiro atoms. The summed E-state index contributed by atoms with van der Waals surface area (Å²) in [5, 5.41) is 3.41. The average molecular weight is 297 g/mol. The number of likely N-dealkylation sites (tertiary alicyclic amines) is 1. The zero-order chi connectivity index (χ0) is 14.5. The van der Waals surface area contributed by atoms with Crippen LogP contribution in [0.2, 0.25) is 0 Å². The molecule has 2 unspecified atom stereocenters. The van der Waals surface area contributed by atoms with Crippen molar-refractivity contribution in [3.05, 3.63) is 12.7 Å². The maximum Gasteiger partial charge on any atom is 0.252 e. The Morgan fingerprint density at radius 1 is 1.45 bits per heavy atom. The molecule has 0 bridgehead atoms. The molecule has 1 heterocycles. The van der Waals surface area contributed by atoms with Gasteiger partial charge in [-0.1, -0.05) is 6.08 Å². The predicted octanol–water partition coefficient (Wildman–Crippen LogP) is 1.07. The molecule has 0 aromatic carbocycles. The van der Waals surface area contributed by atoms with Gasteiger partial charge < -0.3 is 5.32 Å². The summed E-state index contributed by atoms with van der Waals surface area (Å²) >= 11 is 1.47. The van der Waals surface area contributed by atoms with Gasteiger partial charge in [0.15, 0.2) is 0 Å². The number of hydrogen-bond acceptors (Lipinski definition) is 4. The van der Waals surface area contributed by atoms with Crippen molar-refractivity contribution < 1.29 is 9.59 Å². The van der Waals surface area contributed by atoms with Gasteiger partial charge in [-0.25, -0.2) is 0 Å². The summed E-state index contributed by atoms with van der Waals surface area (Å²) in [5.74, 6) is -0.181. The van der Waals surface area contributed by atoms with E-state index in [2.05, 4.69) is 16.6 Å². The zero-order valence-electron chi connectivity index (χ0n) is 11.9. The van der Waals surface area contributed by atoms with Crippen LogP contribution < -0.4 is 10.0 Å². The van der Waals surface area contributed by atoms with E-state index in [1.54, 1.807) is 6.08 Å². The van der Waals surface area contributed by atoms with Crippen LogP contribution in [-0.2, 0) is 9.59 Å². The van der Waals surface area contributed by atoms with Crippen LogP contribution in [0.3, 0.4) is 0 Å². The van der Waals surface area contributed by atoms with Crippen molar-refractivity contribution in [1.82, 2.24) is 14.9 Å². The van der Waals surface area contributed by atoms with Crippen molar-refractivity contribution in [3.8, 4) is 0 Å². The molecule has 2 amide bonds. The van der Waals surface area contributed by atoms with Gasteiger partial charge in [0.25, 0.3) is 5.91 Å². The minimum atomic E-state index is -0.514. The van der Waals surface area contributed by atoms with E-state index in [0.29, 0.717) is 11.7 Å². The standard InChI is InChI=1S/C14H23N3O2S/c1-3-5-11(13(18)16-20-10-7-8-10)15-14(19)12-6-4-9-17(12)2/h3,10-12H,1,4-9H2,2H3,(H,15,19)(H,16,18). The molecule has 0 aromatic rings. The molecule has 5 nitrogen and oxygen atoms in total. The Balaban J connectivity index is 1.84. The smallest absolute Gasteiger partial charge is 0.252 e. The number of carbonyl (C=O) groups is 2. The SMILES string of the molecule is C=CCC(NC(=O)C1CCCN1C)C(=O)NSC1CC1. The van der Waals surface area contributed by atoms with Crippen LogP contribution in [-0.4, -0.2) is 47.6 Å². The second-order valence-corrected chi connectivity index (χ2v) is 6.61. The van der Waals surface area contributed by atoms with E-state index in [-0.39, 0.29) is 17.9 Å². The highest BCUT2D eigenvalue weighted by atomic mass is 32.2. The fraction of sp³-hybridized carbons (Fsp3) is 0.714. The first-order chi connectivity index (χ1) is 9.61. The predicted molar refractivity (Wildman–Crippen MR) is 81.2 cm³/mol. The summed E-state index contributed by atoms with van der Waals surface area (Å²) in [6.45, 7) is 4.60. The monoisotopic (exact) mass is 297 g/mol. The van der Waals surface area contributed by atoms with Crippen LogP contribution in [0.25, 0.3) is 0 Å². The summed E-state index contributed by atoms with van der Waals surface area (Å²) in [6.07, 6.45) is 6.35. The van der Waals surface area contributed by atoms with E-state index in [1.807, 2.05) is 11.9 Å². The lowest BCUT2D eigenvalue weighted by atomic mass is 10.1. The molecule has 2 N–H and O–H groups in total. The van der Waals surface area contributed by atoms with E-state index >= 15 is 0 Å². The lowest BCUT2D eigenvalue weighted by Gasteiger charge is -2.22. The largest absolute Gasteiger partial charge is 0.343 e. The second kappa shape index (κ2) is 7.13. The molecule has 2 rings (SSSR count). The Hall–Kier alpha value is -1.01.